The number of nitrogens with zero attached hydrogens (tertiary/aromatic N) is 2. The molecule has 0 saturated heterocycles. The summed E-state index contributed by atoms with van der Waals surface area (Å²) in [6, 6.07) is 3.57. The number of amides is 2. The molecule has 0 heterocycles. The largest absolute Gasteiger partial charge is 0.495 e. The van der Waals surface area contributed by atoms with E-state index in [2.05, 4.69) is 10.6 Å². The third kappa shape index (κ3) is 5.10. The van der Waals surface area contributed by atoms with E-state index in [0.29, 0.717) is 24.5 Å². The van der Waals surface area contributed by atoms with Gasteiger partial charge >= 0.3 is 12.0 Å². The second-order valence-corrected chi connectivity index (χ2v) is 7.33. The van der Waals surface area contributed by atoms with Crippen LogP contribution in [0.15, 0.2) is 18.2 Å². The first-order valence-corrected chi connectivity index (χ1v) is 9.21. The monoisotopic (exact) mass is 392 g/mol. The fraction of sp³-hybridized carbons (Fsp3) is 0.556. The van der Waals surface area contributed by atoms with E-state index in [1.54, 1.807) is 0 Å². The molecule has 1 aromatic carbocycles. The number of carbonyl (C=O) groups excluding carboxylic acids is 1. The van der Waals surface area contributed by atoms with E-state index in [1.165, 1.54) is 25.3 Å². The SMILES string of the molecule is COc1ccc([N+](=O)[O-])cc1NC(=O)NC1CC(N(CC(=O)O)CC2CC2)C1. The number of carboxylic acids is 1. The van der Waals surface area contributed by atoms with Crippen LogP contribution in [-0.2, 0) is 4.79 Å². The van der Waals surface area contributed by atoms with Crippen LogP contribution in [0.25, 0.3) is 0 Å². The standard InChI is InChI=1S/C18H24N4O6/c1-28-16-5-4-13(22(26)27)8-15(16)20-18(25)19-12-6-14(7-12)21(10-17(23)24)9-11-2-3-11/h4-5,8,11-12,14H,2-3,6-7,9-10H2,1H3,(H,23,24)(H2,19,20,25). The Morgan fingerprint density at radius 2 is 2.07 bits per heavy atom. The number of hydrogen-bond donors (Lipinski definition) is 3. The Balaban J connectivity index is 1.51. The first-order valence-electron chi connectivity index (χ1n) is 9.21. The maximum atomic E-state index is 12.3. The Bertz CT molecular complexity index is 760. The van der Waals surface area contributed by atoms with Crippen LogP contribution in [0.2, 0.25) is 0 Å². The third-order valence-electron chi connectivity index (χ3n) is 5.13. The number of aliphatic carboxylic acids is 1. The molecule has 1 aromatic rings. The van der Waals surface area contributed by atoms with E-state index >= 15 is 0 Å². The zero-order chi connectivity index (χ0) is 20.3. The first kappa shape index (κ1) is 19.9. The Labute approximate surface area is 162 Å². The van der Waals surface area contributed by atoms with E-state index in [0.717, 1.165) is 19.4 Å². The highest BCUT2D eigenvalue weighted by molar-refractivity contribution is 5.91. The number of rotatable bonds is 9. The third-order valence-corrected chi connectivity index (χ3v) is 5.13. The molecule has 2 fully saturated rings. The number of urea groups is 1. The van der Waals surface area contributed by atoms with E-state index < -0.39 is 16.9 Å². The second kappa shape index (κ2) is 8.42. The lowest BCUT2D eigenvalue weighted by atomic mass is 9.85. The van der Waals surface area contributed by atoms with Crippen LogP contribution in [0.3, 0.4) is 0 Å². The number of ether oxygens (including phenoxy) is 1. The van der Waals surface area contributed by atoms with E-state index in [4.69, 9.17) is 9.84 Å². The molecule has 0 atom stereocenters. The van der Waals surface area contributed by atoms with Gasteiger partial charge in [-0.05, 0) is 37.7 Å². The Morgan fingerprint density at radius 1 is 1.36 bits per heavy atom. The minimum Gasteiger partial charge on any atom is -0.495 e. The summed E-state index contributed by atoms with van der Waals surface area (Å²) in [5, 5.41) is 25.4. The molecule has 0 spiro atoms. The zero-order valence-electron chi connectivity index (χ0n) is 15.6. The number of methoxy groups -OCH3 is 1. The van der Waals surface area contributed by atoms with Crippen LogP contribution in [0.1, 0.15) is 25.7 Å². The van der Waals surface area contributed by atoms with Gasteiger partial charge in [0.15, 0.2) is 0 Å². The van der Waals surface area contributed by atoms with E-state index in [9.17, 15) is 19.7 Å². The Morgan fingerprint density at radius 3 is 2.64 bits per heavy atom. The number of anilines is 1. The zero-order valence-corrected chi connectivity index (χ0v) is 15.6. The smallest absolute Gasteiger partial charge is 0.319 e. The van der Waals surface area contributed by atoms with Crippen molar-refractivity contribution in [1.82, 2.24) is 10.2 Å². The van der Waals surface area contributed by atoms with Gasteiger partial charge in [0.05, 0.1) is 24.3 Å². The molecule has 10 heteroatoms. The van der Waals surface area contributed by atoms with Gasteiger partial charge in [0, 0.05) is 30.8 Å². The fourth-order valence-electron chi connectivity index (χ4n) is 3.40. The molecule has 3 rings (SSSR count). The van der Waals surface area contributed by atoms with Crippen molar-refractivity contribution in [1.29, 1.82) is 0 Å². The van der Waals surface area contributed by atoms with Gasteiger partial charge in [-0.2, -0.15) is 0 Å². The highest BCUT2D eigenvalue weighted by atomic mass is 16.6. The van der Waals surface area contributed by atoms with Gasteiger partial charge in [0.2, 0.25) is 0 Å². The van der Waals surface area contributed by atoms with Crippen molar-refractivity contribution in [3.05, 3.63) is 28.3 Å². The van der Waals surface area contributed by atoms with Crippen LogP contribution >= 0.6 is 0 Å². The maximum Gasteiger partial charge on any atom is 0.319 e. The average molecular weight is 392 g/mol. The number of nitrogens with one attached hydrogen (secondary N) is 2. The maximum absolute atomic E-state index is 12.3. The van der Waals surface area contributed by atoms with Gasteiger partial charge in [-0.15, -0.1) is 0 Å². The van der Waals surface area contributed by atoms with Gasteiger partial charge in [0.25, 0.3) is 5.69 Å². The number of nitro groups is 1. The summed E-state index contributed by atoms with van der Waals surface area (Å²) in [7, 11) is 1.41. The quantitative estimate of drug-likeness (QED) is 0.432. The van der Waals surface area contributed by atoms with E-state index in [1.807, 2.05) is 4.90 Å². The normalized spacial score (nSPS) is 20.9. The number of benzene rings is 1. The molecule has 0 aromatic heterocycles. The molecule has 2 saturated carbocycles. The molecule has 2 aliphatic carbocycles. The lowest BCUT2D eigenvalue weighted by molar-refractivity contribution is -0.384. The van der Waals surface area contributed by atoms with Crippen LogP contribution in [0.4, 0.5) is 16.2 Å². The summed E-state index contributed by atoms with van der Waals surface area (Å²) in [5.41, 5.74) is 0.0653. The minimum atomic E-state index is -0.840. The fourth-order valence-corrected chi connectivity index (χ4v) is 3.40. The number of nitro benzene ring substituents is 1. The Kier molecular flexibility index (Phi) is 5.98. The van der Waals surface area contributed by atoms with Gasteiger partial charge in [-0.1, -0.05) is 0 Å². The first-order chi connectivity index (χ1) is 13.4. The lowest BCUT2D eigenvalue weighted by Crippen LogP contribution is -2.55. The molecule has 2 aliphatic rings. The second-order valence-electron chi connectivity index (χ2n) is 7.33. The number of non-ortho nitro benzene ring substituents is 1. The van der Waals surface area contributed by atoms with Crippen molar-refractivity contribution in [3.8, 4) is 5.75 Å². The summed E-state index contributed by atoms with van der Waals surface area (Å²) in [6.45, 7) is 0.811. The molecule has 152 valence electrons. The molecule has 0 aliphatic heterocycles. The molecule has 0 unspecified atom stereocenters. The molecule has 10 nitrogen and oxygen atoms in total. The highest BCUT2D eigenvalue weighted by Gasteiger charge is 2.37. The topological polar surface area (TPSA) is 134 Å². The molecular formula is C18H24N4O6. The van der Waals surface area contributed by atoms with Crippen LogP contribution < -0.4 is 15.4 Å². The average Bonchev–Trinajstić information content (AvgIpc) is 3.40. The summed E-state index contributed by atoms with van der Waals surface area (Å²) in [5.74, 6) is 0.0767. The molecule has 0 radical (unpaired) electrons. The van der Waals surface area contributed by atoms with Crippen molar-refractivity contribution >= 4 is 23.4 Å². The number of carboxylic acid groups (broad SMARTS) is 1. The van der Waals surface area contributed by atoms with Crippen LogP contribution in [0.5, 0.6) is 5.75 Å². The summed E-state index contributed by atoms with van der Waals surface area (Å²) in [4.78, 5) is 35.7. The van der Waals surface area contributed by atoms with Crippen LogP contribution in [-0.4, -0.2) is 59.2 Å². The molecule has 0 bridgehead atoms. The molecule has 2 amide bonds. The minimum absolute atomic E-state index is 0.0188. The lowest BCUT2D eigenvalue weighted by Gasteiger charge is -2.42. The predicted molar refractivity (Wildman–Crippen MR) is 101 cm³/mol. The van der Waals surface area contributed by atoms with Crippen molar-refractivity contribution in [3.63, 3.8) is 0 Å². The molecule has 28 heavy (non-hydrogen) atoms. The van der Waals surface area contributed by atoms with Crippen molar-refractivity contribution in [2.24, 2.45) is 5.92 Å². The van der Waals surface area contributed by atoms with Gasteiger partial charge < -0.3 is 20.5 Å². The summed E-state index contributed by atoms with van der Waals surface area (Å²) in [6.07, 6.45) is 3.66. The van der Waals surface area contributed by atoms with Gasteiger partial charge in [-0.25, -0.2) is 4.79 Å². The predicted octanol–water partition coefficient (Wildman–Crippen LogP) is 2.05. The number of carbonyl (C=O) groups is 2. The number of hydrogen-bond acceptors (Lipinski definition) is 6. The summed E-state index contributed by atoms with van der Waals surface area (Å²) >= 11 is 0. The van der Waals surface area contributed by atoms with Crippen molar-refractivity contribution < 1.29 is 24.4 Å². The Hall–Kier alpha value is -2.88. The van der Waals surface area contributed by atoms with Gasteiger partial charge in [0.1, 0.15) is 5.75 Å². The molecule has 3 N–H and O–H groups in total. The van der Waals surface area contributed by atoms with E-state index in [-0.39, 0.29) is 30.0 Å². The van der Waals surface area contributed by atoms with Crippen molar-refractivity contribution in [2.45, 2.75) is 37.8 Å². The van der Waals surface area contributed by atoms with Crippen molar-refractivity contribution in [2.75, 3.05) is 25.5 Å². The van der Waals surface area contributed by atoms with Crippen LogP contribution in [0, 0.1) is 16.0 Å². The molecular weight excluding hydrogens is 368 g/mol. The van der Waals surface area contributed by atoms with Gasteiger partial charge in [-0.3, -0.25) is 19.8 Å². The summed E-state index contributed by atoms with van der Waals surface area (Å²) < 4.78 is 5.13. The highest BCUT2D eigenvalue weighted by Crippen LogP contribution is 2.34.